The SMILES string of the molecule is CC(C)NC1(C#N)CCCC1CCSc1n[nH]c(=O)n1C. The van der Waals surface area contributed by atoms with E-state index in [0.717, 1.165) is 31.4 Å². The van der Waals surface area contributed by atoms with Gasteiger partial charge in [0, 0.05) is 18.8 Å². The normalized spacial score (nSPS) is 25.4. The van der Waals surface area contributed by atoms with Gasteiger partial charge in [0.2, 0.25) is 0 Å². The van der Waals surface area contributed by atoms with E-state index in [1.165, 1.54) is 4.57 Å². The second kappa shape index (κ2) is 6.67. The number of nitriles is 1. The molecule has 1 aromatic heterocycles. The van der Waals surface area contributed by atoms with E-state index < -0.39 is 0 Å². The van der Waals surface area contributed by atoms with Crippen LogP contribution in [0.1, 0.15) is 39.5 Å². The third-order valence-corrected chi connectivity index (χ3v) is 5.17. The van der Waals surface area contributed by atoms with Gasteiger partial charge < -0.3 is 0 Å². The molecule has 2 N–H and O–H groups in total. The Hall–Kier alpha value is -1.26. The van der Waals surface area contributed by atoms with E-state index in [4.69, 9.17) is 0 Å². The maximum Gasteiger partial charge on any atom is 0.343 e. The number of rotatable bonds is 6. The molecule has 6 nitrogen and oxygen atoms in total. The van der Waals surface area contributed by atoms with Crippen molar-refractivity contribution < 1.29 is 0 Å². The number of aromatic amines is 1. The van der Waals surface area contributed by atoms with E-state index in [-0.39, 0.29) is 11.2 Å². The van der Waals surface area contributed by atoms with Crippen molar-refractivity contribution in [1.82, 2.24) is 20.1 Å². The number of H-pyrrole nitrogens is 1. The predicted octanol–water partition coefficient (Wildman–Crippen LogP) is 1.65. The summed E-state index contributed by atoms with van der Waals surface area (Å²) in [5.74, 6) is 1.24. The molecule has 0 amide bonds. The zero-order chi connectivity index (χ0) is 15.5. The van der Waals surface area contributed by atoms with E-state index in [1.807, 2.05) is 0 Å². The van der Waals surface area contributed by atoms with Crippen LogP contribution in [0.15, 0.2) is 9.95 Å². The van der Waals surface area contributed by atoms with Crippen LogP contribution in [0.2, 0.25) is 0 Å². The Kier molecular flexibility index (Phi) is 5.12. The molecule has 0 radical (unpaired) electrons. The molecule has 1 heterocycles. The standard InChI is InChI=1S/C14H23N5OS/c1-10(2)16-14(9-15)7-4-5-11(14)6-8-21-13-18-17-12(20)19(13)3/h10-11,16H,4-8H2,1-3H3,(H,17,20). The number of nitrogens with one attached hydrogen (secondary N) is 2. The minimum absolute atomic E-state index is 0.189. The number of nitrogens with zero attached hydrogens (tertiary/aromatic N) is 3. The molecule has 1 aliphatic rings. The third-order valence-electron chi connectivity index (χ3n) is 4.10. The summed E-state index contributed by atoms with van der Waals surface area (Å²) in [5, 5.41) is 20.2. The lowest BCUT2D eigenvalue weighted by atomic mass is 9.86. The van der Waals surface area contributed by atoms with Crippen LogP contribution >= 0.6 is 11.8 Å². The maximum absolute atomic E-state index is 11.3. The minimum Gasteiger partial charge on any atom is -0.297 e. The Labute approximate surface area is 129 Å². The average molecular weight is 309 g/mol. The first-order valence-electron chi connectivity index (χ1n) is 7.41. The highest BCUT2D eigenvalue weighted by Crippen LogP contribution is 2.38. The molecular formula is C14H23N5OS. The Morgan fingerprint density at radius 3 is 3.00 bits per heavy atom. The van der Waals surface area contributed by atoms with Crippen molar-refractivity contribution >= 4 is 11.8 Å². The fourth-order valence-corrected chi connectivity index (χ4v) is 4.08. The van der Waals surface area contributed by atoms with Crippen molar-refractivity contribution in [2.75, 3.05) is 5.75 Å². The molecule has 1 aliphatic carbocycles. The van der Waals surface area contributed by atoms with Crippen molar-refractivity contribution in [2.45, 2.75) is 56.3 Å². The van der Waals surface area contributed by atoms with Crippen LogP contribution in [0.4, 0.5) is 0 Å². The van der Waals surface area contributed by atoms with Gasteiger partial charge in [-0.25, -0.2) is 9.89 Å². The van der Waals surface area contributed by atoms with Gasteiger partial charge in [0.25, 0.3) is 0 Å². The molecule has 2 rings (SSSR count). The summed E-state index contributed by atoms with van der Waals surface area (Å²) in [6, 6.07) is 2.84. The molecule has 0 aliphatic heterocycles. The molecular weight excluding hydrogens is 286 g/mol. The van der Waals surface area contributed by atoms with E-state index in [1.54, 1.807) is 18.8 Å². The highest BCUT2D eigenvalue weighted by molar-refractivity contribution is 7.99. The van der Waals surface area contributed by atoms with Crippen molar-refractivity contribution in [1.29, 1.82) is 5.26 Å². The van der Waals surface area contributed by atoms with Gasteiger partial charge in [-0.1, -0.05) is 18.2 Å². The summed E-state index contributed by atoms with van der Waals surface area (Å²) in [5.41, 5.74) is -0.571. The molecule has 116 valence electrons. The average Bonchev–Trinajstić information content (AvgIpc) is 2.97. The summed E-state index contributed by atoms with van der Waals surface area (Å²) >= 11 is 1.57. The fraction of sp³-hybridized carbons (Fsp3) is 0.786. The molecule has 1 saturated carbocycles. The van der Waals surface area contributed by atoms with Gasteiger partial charge in [-0.3, -0.25) is 9.88 Å². The molecule has 2 unspecified atom stereocenters. The Morgan fingerprint density at radius 2 is 2.43 bits per heavy atom. The van der Waals surface area contributed by atoms with E-state index in [9.17, 15) is 10.1 Å². The first kappa shape index (κ1) is 16.1. The van der Waals surface area contributed by atoms with Gasteiger partial charge in [0.1, 0.15) is 5.54 Å². The topological polar surface area (TPSA) is 86.5 Å². The summed E-state index contributed by atoms with van der Waals surface area (Å²) in [4.78, 5) is 11.3. The fourth-order valence-electron chi connectivity index (χ4n) is 3.11. The second-order valence-electron chi connectivity index (χ2n) is 5.98. The van der Waals surface area contributed by atoms with Crippen LogP contribution in [0.5, 0.6) is 0 Å². The first-order chi connectivity index (χ1) is 9.98. The molecule has 0 saturated heterocycles. The Bertz CT molecular complexity index is 573. The molecule has 1 fully saturated rings. The zero-order valence-electron chi connectivity index (χ0n) is 12.8. The maximum atomic E-state index is 11.3. The van der Waals surface area contributed by atoms with Gasteiger partial charge in [-0.15, -0.1) is 5.10 Å². The van der Waals surface area contributed by atoms with Crippen LogP contribution in [0.25, 0.3) is 0 Å². The van der Waals surface area contributed by atoms with Crippen molar-refractivity contribution in [3.8, 4) is 6.07 Å². The summed E-state index contributed by atoms with van der Waals surface area (Å²) in [6.07, 6.45) is 4.08. The highest BCUT2D eigenvalue weighted by atomic mass is 32.2. The molecule has 21 heavy (non-hydrogen) atoms. The van der Waals surface area contributed by atoms with Crippen LogP contribution in [0.3, 0.4) is 0 Å². The Balaban J connectivity index is 1.94. The van der Waals surface area contributed by atoms with Crippen molar-refractivity contribution in [2.24, 2.45) is 13.0 Å². The third kappa shape index (κ3) is 3.50. The minimum atomic E-state index is -0.383. The summed E-state index contributed by atoms with van der Waals surface area (Å²) < 4.78 is 1.52. The lowest BCUT2D eigenvalue weighted by Gasteiger charge is -2.32. The monoisotopic (exact) mass is 309 g/mol. The number of aromatic nitrogens is 3. The lowest BCUT2D eigenvalue weighted by molar-refractivity contribution is 0.289. The van der Waals surface area contributed by atoms with Crippen LogP contribution in [-0.4, -0.2) is 32.1 Å². The summed E-state index contributed by atoms with van der Waals surface area (Å²) in [6.45, 7) is 4.17. The van der Waals surface area contributed by atoms with Gasteiger partial charge >= 0.3 is 5.69 Å². The number of hydrogen-bond donors (Lipinski definition) is 2. The summed E-state index contributed by atoms with van der Waals surface area (Å²) in [7, 11) is 1.71. The predicted molar refractivity (Wildman–Crippen MR) is 83.1 cm³/mol. The smallest absolute Gasteiger partial charge is 0.297 e. The van der Waals surface area contributed by atoms with Crippen LogP contribution in [-0.2, 0) is 7.05 Å². The Morgan fingerprint density at radius 1 is 1.67 bits per heavy atom. The van der Waals surface area contributed by atoms with E-state index in [2.05, 4.69) is 35.4 Å². The first-order valence-corrected chi connectivity index (χ1v) is 8.40. The number of thioether (sulfide) groups is 1. The molecule has 0 bridgehead atoms. The molecule has 2 atom stereocenters. The van der Waals surface area contributed by atoms with Gasteiger partial charge in [0.15, 0.2) is 5.16 Å². The van der Waals surface area contributed by atoms with Gasteiger partial charge in [0.05, 0.1) is 6.07 Å². The van der Waals surface area contributed by atoms with E-state index >= 15 is 0 Å². The number of hydrogen-bond acceptors (Lipinski definition) is 5. The van der Waals surface area contributed by atoms with Gasteiger partial charge in [-0.2, -0.15) is 5.26 Å². The molecule has 1 aromatic rings. The van der Waals surface area contributed by atoms with Crippen LogP contribution in [0, 0.1) is 17.2 Å². The second-order valence-corrected chi connectivity index (χ2v) is 7.04. The van der Waals surface area contributed by atoms with Crippen LogP contribution < -0.4 is 11.0 Å². The molecule has 0 aromatic carbocycles. The van der Waals surface area contributed by atoms with Gasteiger partial charge in [-0.05, 0) is 39.0 Å². The lowest BCUT2D eigenvalue weighted by Crippen LogP contribution is -2.50. The zero-order valence-corrected chi connectivity index (χ0v) is 13.7. The molecule has 0 spiro atoms. The van der Waals surface area contributed by atoms with E-state index in [0.29, 0.717) is 17.1 Å². The largest absolute Gasteiger partial charge is 0.343 e. The highest BCUT2D eigenvalue weighted by Gasteiger charge is 2.42. The van der Waals surface area contributed by atoms with Crippen molar-refractivity contribution in [3.05, 3.63) is 10.5 Å². The van der Waals surface area contributed by atoms with Crippen molar-refractivity contribution in [3.63, 3.8) is 0 Å². The molecule has 7 heteroatoms. The quantitative estimate of drug-likeness (QED) is 0.780.